The number of hydrogen-bond donors (Lipinski definition) is 2. The van der Waals surface area contributed by atoms with Gasteiger partial charge in [0, 0.05) is 12.5 Å². The van der Waals surface area contributed by atoms with Crippen LogP contribution in [0.4, 0.5) is 14.5 Å². The van der Waals surface area contributed by atoms with Gasteiger partial charge in [0.25, 0.3) is 0 Å². The smallest absolute Gasteiger partial charge is 0.234 e. The third-order valence-corrected chi connectivity index (χ3v) is 4.73. The number of methoxy groups -OCH3 is 1. The highest BCUT2D eigenvalue weighted by Gasteiger charge is 2.14. The molecule has 0 unspecified atom stereocenters. The maximum atomic E-state index is 13.6. The lowest BCUT2D eigenvalue weighted by Crippen LogP contribution is -2.18. The number of hydrogen-bond acceptors (Lipinski definition) is 6. The molecule has 0 aliphatic rings. The van der Waals surface area contributed by atoms with Crippen LogP contribution in [-0.2, 0) is 11.2 Å². The molecule has 0 saturated carbocycles. The number of amides is 1. The van der Waals surface area contributed by atoms with Crippen molar-refractivity contribution in [3.8, 4) is 5.75 Å². The number of rotatable bonds is 7. The maximum Gasteiger partial charge on any atom is 0.234 e. The first-order valence-corrected chi connectivity index (χ1v) is 9.15. The van der Waals surface area contributed by atoms with Crippen LogP contribution in [0, 0.1) is 11.6 Å². The Morgan fingerprint density at radius 2 is 1.96 bits per heavy atom. The summed E-state index contributed by atoms with van der Waals surface area (Å²) in [7, 11) is 1.59. The Morgan fingerprint density at radius 1 is 1.21 bits per heavy atom. The van der Waals surface area contributed by atoms with Crippen LogP contribution in [0.2, 0.25) is 0 Å². The fourth-order valence-electron chi connectivity index (χ4n) is 2.36. The van der Waals surface area contributed by atoms with Gasteiger partial charge in [-0.3, -0.25) is 4.79 Å². The summed E-state index contributed by atoms with van der Waals surface area (Å²) in [5.41, 5.74) is 0.746. The second-order valence-corrected chi connectivity index (χ2v) is 6.70. The van der Waals surface area contributed by atoms with Crippen molar-refractivity contribution in [1.82, 2.24) is 14.9 Å². The largest absolute Gasteiger partial charge is 0.497 e. The van der Waals surface area contributed by atoms with E-state index in [4.69, 9.17) is 10.6 Å². The lowest BCUT2D eigenvalue weighted by Gasteiger charge is -2.07. The Hall–Kier alpha value is -3.14. The molecule has 1 heterocycles. The Labute approximate surface area is 163 Å². The molecule has 0 fully saturated rings. The average Bonchev–Trinajstić information content (AvgIpc) is 3.03. The van der Waals surface area contributed by atoms with Crippen LogP contribution in [0.1, 0.15) is 11.4 Å². The standard InChI is InChI=1S/C18H17F2N5O2S/c1-27-13-5-2-11(3-6-13)8-16-23-24-18(25(16)21)28-10-17(26)22-15-9-12(19)4-7-14(15)20/h2-7,9H,8,10,21H2,1H3,(H,22,26). The number of nitrogens with one attached hydrogen (secondary N) is 1. The van der Waals surface area contributed by atoms with Gasteiger partial charge >= 0.3 is 0 Å². The summed E-state index contributed by atoms with van der Waals surface area (Å²) in [6.45, 7) is 0. The second kappa shape index (κ2) is 8.70. The van der Waals surface area contributed by atoms with Crippen molar-refractivity contribution in [2.75, 3.05) is 24.0 Å². The van der Waals surface area contributed by atoms with Crippen LogP contribution in [0.3, 0.4) is 0 Å². The molecule has 3 N–H and O–H groups in total. The molecule has 0 bridgehead atoms. The molecular weight excluding hydrogens is 388 g/mol. The third-order valence-electron chi connectivity index (χ3n) is 3.79. The van der Waals surface area contributed by atoms with E-state index in [1.807, 2.05) is 24.3 Å². The molecule has 3 aromatic rings. The van der Waals surface area contributed by atoms with Crippen molar-refractivity contribution in [2.45, 2.75) is 11.6 Å². The molecule has 0 aliphatic carbocycles. The Balaban J connectivity index is 1.59. The summed E-state index contributed by atoms with van der Waals surface area (Å²) in [5, 5.41) is 10.6. The van der Waals surface area contributed by atoms with E-state index in [0.717, 1.165) is 41.3 Å². The summed E-state index contributed by atoms with van der Waals surface area (Å²) in [6, 6.07) is 10.3. The number of aromatic nitrogens is 3. The van der Waals surface area contributed by atoms with E-state index in [0.29, 0.717) is 17.4 Å². The van der Waals surface area contributed by atoms with Crippen molar-refractivity contribution in [2.24, 2.45) is 0 Å². The van der Waals surface area contributed by atoms with E-state index in [1.165, 1.54) is 4.68 Å². The Kier molecular flexibility index (Phi) is 6.09. The molecule has 1 amide bonds. The number of carbonyl (C=O) groups excluding carboxylic acids is 1. The van der Waals surface area contributed by atoms with Gasteiger partial charge in [0.15, 0.2) is 5.82 Å². The highest BCUT2D eigenvalue weighted by atomic mass is 32.2. The molecule has 0 atom stereocenters. The molecule has 0 saturated heterocycles. The molecule has 10 heteroatoms. The van der Waals surface area contributed by atoms with Gasteiger partial charge in [-0.25, -0.2) is 13.5 Å². The Bertz CT molecular complexity index is 979. The zero-order valence-electron chi connectivity index (χ0n) is 14.9. The molecule has 0 spiro atoms. The van der Waals surface area contributed by atoms with Crippen molar-refractivity contribution in [3.05, 3.63) is 65.5 Å². The van der Waals surface area contributed by atoms with Crippen LogP contribution in [-0.4, -0.2) is 33.6 Å². The Morgan fingerprint density at radius 3 is 2.68 bits per heavy atom. The normalized spacial score (nSPS) is 10.7. The number of ether oxygens (including phenoxy) is 1. The summed E-state index contributed by atoms with van der Waals surface area (Å²) in [6.07, 6.45) is 0.453. The van der Waals surface area contributed by atoms with Gasteiger partial charge < -0.3 is 15.9 Å². The first kappa shape index (κ1) is 19.6. The molecule has 3 rings (SSSR count). The number of thioether (sulfide) groups is 1. The van der Waals surface area contributed by atoms with Crippen LogP contribution >= 0.6 is 11.8 Å². The zero-order chi connectivity index (χ0) is 20.1. The van der Waals surface area contributed by atoms with E-state index in [1.54, 1.807) is 7.11 Å². The molecule has 28 heavy (non-hydrogen) atoms. The van der Waals surface area contributed by atoms with E-state index in [9.17, 15) is 13.6 Å². The number of carbonyl (C=O) groups is 1. The van der Waals surface area contributed by atoms with Gasteiger partial charge in [0.2, 0.25) is 11.1 Å². The number of nitrogens with zero attached hydrogens (tertiary/aromatic N) is 3. The minimum absolute atomic E-state index is 0.0895. The summed E-state index contributed by atoms with van der Waals surface area (Å²) in [4.78, 5) is 12.0. The van der Waals surface area contributed by atoms with Crippen LogP contribution in [0.15, 0.2) is 47.6 Å². The summed E-state index contributed by atoms with van der Waals surface area (Å²) >= 11 is 1.04. The summed E-state index contributed by atoms with van der Waals surface area (Å²) < 4.78 is 33.1. The van der Waals surface area contributed by atoms with Gasteiger partial charge in [-0.05, 0) is 29.8 Å². The molecule has 1 aromatic heterocycles. The zero-order valence-corrected chi connectivity index (χ0v) is 15.7. The molecule has 146 valence electrons. The highest BCUT2D eigenvalue weighted by Crippen LogP contribution is 2.19. The summed E-state index contributed by atoms with van der Waals surface area (Å²) in [5.74, 6) is 5.29. The fourth-order valence-corrected chi connectivity index (χ4v) is 3.04. The topological polar surface area (TPSA) is 95.1 Å². The fraction of sp³-hybridized carbons (Fsp3) is 0.167. The minimum Gasteiger partial charge on any atom is -0.497 e. The quantitative estimate of drug-likeness (QED) is 0.464. The number of nitrogen functional groups attached to an aromatic ring is 1. The molecule has 2 aromatic carbocycles. The molecule has 0 aliphatic heterocycles. The van der Waals surface area contributed by atoms with Gasteiger partial charge in [0.1, 0.15) is 17.4 Å². The van der Waals surface area contributed by atoms with E-state index >= 15 is 0 Å². The highest BCUT2D eigenvalue weighted by molar-refractivity contribution is 7.99. The first-order chi connectivity index (χ1) is 13.5. The average molecular weight is 405 g/mol. The lowest BCUT2D eigenvalue weighted by molar-refractivity contribution is -0.113. The van der Waals surface area contributed by atoms with Crippen LogP contribution in [0.25, 0.3) is 0 Å². The van der Waals surface area contributed by atoms with E-state index in [2.05, 4.69) is 15.5 Å². The van der Waals surface area contributed by atoms with Crippen molar-refractivity contribution in [1.29, 1.82) is 0 Å². The monoisotopic (exact) mass is 405 g/mol. The lowest BCUT2D eigenvalue weighted by atomic mass is 10.1. The predicted octanol–water partition coefficient (Wildman–Crippen LogP) is 2.60. The maximum absolute atomic E-state index is 13.6. The SMILES string of the molecule is COc1ccc(Cc2nnc(SCC(=O)Nc3cc(F)ccc3F)n2N)cc1. The van der Waals surface area contributed by atoms with E-state index < -0.39 is 17.5 Å². The molecular formula is C18H17F2N5O2S. The number of benzene rings is 2. The molecule has 7 nitrogen and oxygen atoms in total. The van der Waals surface area contributed by atoms with E-state index in [-0.39, 0.29) is 11.4 Å². The minimum atomic E-state index is -0.719. The number of anilines is 1. The van der Waals surface area contributed by atoms with Crippen LogP contribution in [0.5, 0.6) is 5.75 Å². The third kappa shape index (κ3) is 4.77. The van der Waals surface area contributed by atoms with Gasteiger partial charge in [-0.2, -0.15) is 0 Å². The van der Waals surface area contributed by atoms with Gasteiger partial charge in [-0.1, -0.05) is 23.9 Å². The predicted molar refractivity (Wildman–Crippen MR) is 102 cm³/mol. The van der Waals surface area contributed by atoms with Crippen molar-refractivity contribution < 1.29 is 18.3 Å². The van der Waals surface area contributed by atoms with Gasteiger partial charge in [0.05, 0.1) is 18.6 Å². The van der Waals surface area contributed by atoms with Crippen LogP contribution < -0.4 is 15.9 Å². The van der Waals surface area contributed by atoms with Crippen molar-refractivity contribution in [3.63, 3.8) is 0 Å². The van der Waals surface area contributed by atoms with Crippen molar-refractivity contribution >= 4 is 23.4 Å². The molecule has 0 radical (unpaired) electrons. The number of nitrogens with two attached hydrogens (primary N) is 1. The van der Waals surface area contributed by atoms with Gasteiger partial charge in [-0.15, -0.1) is 10.2 Å². The number of halogens is 2. The second-order valence-electron chi connectivity index (χ2n) is 5.75. The first-order valence-electron chi connectivity index (χ1n) is 8.16.